The van der Waals surface area contributed by atoms with E-state index in [4.69, 9.17) is 9.47 Å². The Morgan fingerprint density at radius 2 is 1.88 bits per heavy atom. The zero-order chi connectivity index (χ0) is 29.2. The molecule has 1 saturated carbocycles. The summed E-state index contributed by atoms with van der Waals surface area (Å²) in [6, 6.07) is 15.0. The predicted octanol–water partition coefficient (Wildman–Crippen LogP) is 3.21. The quantitative estimate of drug-likeness (QED) is 0.270. The number of benzene rings is 2. The van der Waals surface area contributed by atoms with Gasteiger partial charge in [-0.1, -0.05) is 43.2 Å². The van der Waals surface area contributed by atoms with E-state index < -0.39 is 11.6 Å². The van der Waals surface area contributed by atoms with Gasteiger partial charge >= 0.3 is 0 Å². The van der Waals surface area contributed by atoms with Crippen LogP contribution in [-0.2, 0) is 27.3 Å². The average molecular weight is 565 g/mol. The highest BCUT2D eigenvalue weighted by molar-refractivity contribution is 5.96. The highest BCUT2D eigenvalue weighted by atomic mass is 16.5. The highest BCUT2D eigenvalue weighted by Crippen LogP contribution is 2.41. The van der Waals surface area contributed by atoms with Gasteiger partial charge in [-0.25, -0.2) is 0 Å². The number of methoxy groups -OCH3 is 2. The number of amides is 3. The van der Waals surface area contributed by atoms with Crippen molar-refractivity contribution < 1.29 is 23.9 Å². The van der Waals surface area contributed by atoms with E-state index in [1.54, 1.807) is 19.1 Å². The molecule has 2 aliphatic rings. The van der Waals surface area contributed by atoms with E-state index in [0.29, 0.717) is 51.2 Å². The van der Waals surface area contributed by atoms with Gasteiger partial charge in [0.25, 0.3) is 0 Å². The monoisotopic (exact) mass is 564 g/mol. The van der Waals surface area contributed by atoms with Crippen LogP contribution in [0.3, 0.4) is 0 Å². The van der Waals surface area contributed by atoms with Crippen molar-refractivity contribution in [3.8, 4) is 11.5 Å². The number of nitrogens with one attached hydrogen (secondary N) is 3. The summed E-state index contributed by atoms with van der Waals surface area (Å²) in [6.07, 6.45) is 5.13. The lowest BCUT2D eigenvalue weighted by Crippen LogP contribution is -2.57. The van der Waals surface area contributed by atoms with Crippen LogP contribution in [0.5, 0.6) is 11.5 Å². The third-order valence-electron chi connectivity index (χ3n) is 8.05. The fourth-order valence-corrected chi connectivity index (χ4v) is 5.79. The van der Waals surface area contributed by atoms with Crippen LogP contribution >= 0.6 is 0 Å². The molecule has 2 aromatic carbocycles. The Kier molecular flexibility index (Phi) is 10.6. The first-order valence-electron chi connectivity index (χ1n) is 14.7. The maximum Gasteiger partial charge on any atom is 0.249 e. The molecule has 2 atom stereocenters. The summed E-state index contributed by atoms with van der Waals surface area (Å²) in [5, 5.41) is 9.46. The summed E-state index contributed by atoms with van der Waals surface area (Å²) in [4.78, 5) is 41.3. The first-order chi connectivity index (χ1) is 19.8. The van der Waals surface area contributed by atoms with Crippen LogP contribution in [0.4, 0.5) is 0 Å². The number of likely N-dealkylation sites (tertiary alicyclic amines) is 1. The minimum absolute atomic E-state index is 0.139. The number of carbonyl (C=O) groups excluding carboxylic acids is 3. The summed E-state index contributed by atoms with van der Waals surface area (Å²) in [5.74, 6) is 1.54. The zero-order valence-electron chi connectivity index (χ0n) is 24.5. The first kappa shape index (κ1) is 30.4. The summed E-state index contributed by atoms with van der Waals surface area (Å²) in [6.45, 7) is 3.84. The molecular weight excluding hydrogens is 520 g/mol. The van der Waals surface area contributed by atoms with Crippen LogP contribution in [0.2, 0.25) is 0 Å². The number of carbonyl (C=O) groups is 3. The fraction of sp³-hybridized carbons (Fsp3) is 0.531. The Labute approximate surface area is 243 Å². The largest absolute Gasteiger partial charge is 0.497 e. The summed E-state index contributed by atoms with van der Waals surface area (Å²) in [5.41, 5.74) is 1.21. The van der Waals surface area contributed by atoms with E-state index in [0.717, 1.165) is 48.4 Å². The molecule has 9 heteroatoms. The van der Waals surface area contributed by atoms with Crippen LogP contribution in [0, 0.1) is 5.92 Å². The van der Waals surface area contributed by atoms with Crippen LogP contribution in [0.1, 0.15) is 56.6 Å². The lowest BCUT2D eigenvalue weighted by atomic mass is 9.90. The molecule has 1 heterocycles. The molecule has 3 N–H and O–H groups in total. The molecule has 4 rings (SSSR count). The zero-order valence-corrected chi connectivity index (χ0v) is 24.5. The van der Waals surface area contributed by atoms with Gasteiger partial charge in [-0.3, -0.25) is 14.4 Å². The van der Waals surface area contributed by atoms with E-state index in [2.05, 4.69) is 16.0 Å². The second-order valence-electron chi connectivity index (χ2n) is 11.2. The smallest absolute Gasteiger partial charge is 0.249 e. The van der Waals surface area contributed by atoms with E-state index in [1.807, 2.05) is 48.5 Å². The highest BCUT2D eigenvalue weighted by Gasteiger charge is 2.52. The first-order valence-corrected chi connectivity index (χ1v) is 14.7. The second-order valence-corrected chi connectivity index (χ2v) is 11.2. The van der Waals surface area contributed by atoms with Crippen molar-refractivity contribution in [1.29, 1.82) is 0 Å². The van der Waals surface area contributed by atoms with E-state index in [1.165, 1.54) is 6.92 Å². The Morgan fingerprint density at radius 1 is 1.07 bits per heavy atom. The summed E-state index contributed by atoms with van der Waals surface area (Å²) in [7, 11) is 3.29. The number of para-hydroxylation sites is 1. The van der Waals surface area contributed by atoms with Gasteiger partial charge < -0.3 is 30.3 Å². The molecule has 2 fully saturated rings. The molecule has 1 aliphatic heterocycles. The Morgan fingerprint density at radius 3 is 2.61 bits per heavy atom. The summed E-state index contributed by atoms with van der Waals surface area (Å²) < 4.78 is 10.8. The van der Waals surface area contributed by atoms with E-state index in [-0.39, 0.29) is 17.7 Å². The van der Waals surface area contributed by atoms with Crippen molar-refractivity contribution in [3.05, 3.63) is 59.7 Å². The molecule has 0 bridgehead atoms. The van der Waals surface area contributed by atoms with Crippen molar-refractivity contribution in [2.45, 2.75) is 70.0 Å². The number of ether oxygens (including phenoxy) is 2. The molecule has 9 nitrogen and oxygen atoms in total. The topological polar surface area (TPSA) is 109 Å². The van der Waals surface area contributed by atoms with Crippen LogP contribution in [0.15, 0.2) is 48.5 Å². The number of rotatable bonds is 16. The Bertz CT molecular complexity index is 1200. The summed E-state index contributed by atoms with van der Waals surface area (Å²) >= 11 is 0. The lowest BCUT2D eigenvalue weighted by molar-refractivity contribution is -0.142. The standard InChI is InChI=1S/C32H44N4O5/c1-23(37)35-32(21-24-12-13-24)16-19-36(31(32)39)28(15-14-26-9-4-5-11-29(26)41-3)30(38)34-18-7-17-33-22-25-8-6-10-27(20-25)40-2/h4-6,8-11,20,24,28,33H,7,12-19,21-22H2,1-3H3,(H,34,38)(H,35,37)/t28?,32-/m0/s1. The van der Waals surface area contributed by atoms with Crippen LogP contribution in [-0.4, -0.2) is 68.1 Å². The number of nitrogens with zero attached hydrogens (tertiary/aromatic N) is 1. The van der Waals surface area contributed by atoms with Gasteiger partial charge in [-0.05, 0) is 73.9 Å². The van der Waals surface area contributed by atoms with Crippen molar-refractivity contribution in [2.75, 3.05) is 33.9 Å². The van der Waals surface area contributed by atoms with Gasteiger partial charge in [-0.15, -0.1) is 0 Å². The molecular formula is C32H44N4O5. The molecule has 3 amide bonds. The van der Waals surface area contributed by atoms with Gasteiger partial charge in [0.2, 0.25) is 17.7 Å². The second kappa shape index (κ2) is 14.3. The average Bonchev–Trinajstić information content (AvgIpc) is 3.74. The molecule has 0 aromatic heterocycles. The van der Waals surface area contributed by atoms with Gasteiger partial charge in [0.1, 0.15) is 23.1 Å². The van der Waals surface area contributed by atoms with Gasteiger partial charge in [0.15, 0.2) is 0 Å². The number of hydrogen-bond acceptors (Lipinski definition) is 6. The third kappa shape index (κ3) is 8.22. The van der Waals surface area contributed by atoms with Crippen LogP contribution < -0.4 is 25.4 Å². The SMILES string of the molecule is COc1cccc(CNCCCNC(=O)C(CCc2ccccc2OC)N2CC[C@@](CC3CC3)(NC(C)=O)C2=O)c1. The normalized spacial score (nSPS) is 19.1. The Balaban J connectivity index is 1.38. The third-order valence-corrected chi connectivity index (χ3v) is 8.05. The molecule has 0 radical (unpaired) electrons. The van der Waals surface area contributed by atoms with Crippen molar-refractivity contribution in [3.63, 3.8) is 0 Å². The molecule has 2 aromatic rings. The van der Waals surface area contributed by atoms with Gasteiger partial charge in [0, 0.05) is 26.6 Å². The van der Waals surface area contributed by atoms with Gasteiger partial charge in [-0.2, -0.15) is 0 Å². The van der Waals surface area contributed by atoms with Crippen molar-refractivity contribution in [2.24, 2.45) is 5.92 Å². The predicted molar refractivity (Wildman–Crippen MR) is 158 cm³/mol. The van der Waals surface area contributed by atoms with Crippen LogP contribution in [0.25, 0.3) is 0 Å². The fourth-order valence-electron chi connectivity index (χ4n) is 5.79. The minimum Gasteiger partial charge on any atom is -0.497 e. The van der Waals surface area contributed by atoms with E-state index >= 15 is 0 Å². The van der Waals surface area contributed by atoms with E-state index in [9.17, 15) is 14.4 Å². The minimum atomic E-state index is -0.917. The molecule has 222 valence electrons. The molecule has 1 saturated heterocycles. The molecule has 0 spiro atoms. The molecule has 1 aliphatic carbocycles. The maximum atomic E-state index is 13.9. The van der Waals surface area contributed by atoms with Crippen molar-refractivity contribution in [1.82, 2.24) is 20.9 Å². The molecule has 1 unspecified atom stereocenters. The molecule has 41 heavy (non-hydrogen) atoms. The lowest BCUT2D eigenvalue weighted by Gasteiger charge is -2.32. The number of aryl methyl sites for hydroxylation is 1. The maximum absolute atomic E-state index is 13.9. The van der Waals surface area contributed by atoms with Gasteiger partial charge in [0.05, 0.1) is 14.2 Å². The van der Waals surface area contributed by atoms with Crippen molar-refractivity contribution >= 4 is 17.7 Å². The number of hydrogen-bond donors (Lipinski definition) is 3. The Hall–Kier alpha value is -3.59.